The molecule has 21 heavy (non-hydrogen) atoms. The predicted molar refractivity (Wildman–Crippen MR) is 80.7 cm³/mol. The summed E-state index contributed by atoms with van der Waals surface area (Å²) in [5, 5.41) is 9.40. The fourth-order valence-electron chi connectivity index (χ4n) is 2.55. The molecule has 0 saturated carbocycles. The van der Waals surface area contributed by atoms with Crippen molar-refractivity contribution in [2.24, 2.45) is 5.41 Å². The molecule has 0 spiro atoms. The molecule has 0 radical (unpaired) electrons. The van der Waals surface area contributed by atoms with E-state index in [1.165, 1.54) is 10.4 Å². The van der Waals surface area contributed by atoms with Crippen LogP contribution in [0.4, 0.5) is 0 Å². The molecule has 1 aromatic rings. The maximum atomic E-state index is 12.7. The lowest BCUT2D eigenvalue weighted by molar-refractivity contribution is 0.266. The monoisotopic (exact) mass is 313 g/mol. The van der Waals surface area contributed by atoms with E-state index < -0.39 is 10.0 Å². The minimum absolute atomic E-state index is 0.0120. The van der Waals surface area contributed by atoms with Gasteiger partial charge in [0.25, 0.3) is 0 Å². The van der Waals surface area contributed by atoms with Gasteiger partial charge in [0.1, 0.15) is 5.75 Å². The number of benzene rings is 1. The standard InChI is InChI=1S/C15H23NO4S/c1-4-20-14-6-5-13(9-12(14)10-17)21(18,19)16-8-7-15(2,3)11-16/h5-6,9,17H,4,7-8,10-11H2,1-3H3. The molecule has 1 aliphatic rings. The van der Waals surface area contributed by atoms with Crippen molar-refractivity contribution >= 4 is 10.0 Å². The maximum absolute atomic E-state index is 12.7. The zero-order valence-electron chi connectivity index (χ0n) is 12.8. The molecule has 1 aromatic carbocycles. The average Bonchev–Trinajstić information content (AvgIpc) is 2.80. The minimum Gasteiger partial charge on any atom is -0.494 e. The van der Waals surface area contributed by atoms with Gasteiger partial charge in [-0.15, -0.1) is 0 Å². The number of aliphatic hydroxyl groups excluding tert-OH is 1. The van der Waals surface area contributed by atoms with Crippen molar-refractivity contribution in [3.8, 4) is 5.75 Å². The molecule has 0 aromatic heterocycles. The Balaban J connectivity index is 2.33. The Morgan fingerprint density at radius 3 is 2.62 bits per heavy atom. The largest absolute Gasteiger partial charge is 0.494 e. The molecule has 0 aliphatic carbocycles. The van der Waals surface area contributed by atoms with E-state index in [4.69, 9.17) is 4.74 Å². The number of sulfonamides is 1. The highest BCUT2D eigenvalue weighted by molar-refractivity contribution is 7.89. The second kappa shape index (κ2) is 5.94. The van der Waals surface area contributed by atoms with Crippen molar-refractivity contribution in [2.45, 2.75) is 38.7 Å². The maximum Gasteiger partial charge on any atom is 0.243 e. The van der Waals surface area contributed by atoms with Gasteiger partial charge in [-0.1, -0.05) is 13.8 Å². The Labute approximate surface area is 126 Å². The highest BCUT2D eigenvalue weighted by Crippen LogP contribution is 2.33. The van der Waals surface area contributed by atoms with Gasteiger partial charge in [0.05, 0.1) is 18.1 Å². The van der Waals surface area contributed by atoms with E-state index in [9.17, 15) is 13.5 Å². The third-order valence-corrected chi connectivity index (χ3v) is 5.62. The molecule has 1 saturated heterocycles. The van der Waals surface area contributed by atoms with Gasteiger partial charge in [-0.2, -0.15) is 4.31 Å². The molecule has 5 nitrogen and oxygen atoms in total. The van der Waals surface area contributed by atoms with Gasteiger partial charge < -0.3 is 9.84 Å². The van der Waals surface area contributed by atoms with Crippen LogP contribution in [0.1, 0.15) is 32.8 Å². The Morgan fingerprint density at radius 2 is 2.10 bits per heavy atom. The van der Waals surface area contributed by atoms with Crippen molar-refractivity contribution in [3.63, 3.8) is 0 Å². The second-order valence-electron chi connectivity index (χ2n) is 6.11. The SMILES string of the molecule is CCOc1ccc(S(=O)(=O)N2CCC(C)(C)C2)cc1CO. The summed E-state index contributed by atoms with van der Waals surface area (Å²) in [7, 11) is -3.51. The quantitative estimate of drug-likeness (QED) is 0.903. The molecular formula is C15H23NO4S. The van der Waals surface area contributed by atoms with E-state index in [-0.39, 0.29) is 16.9 Å². The zero-order valence-corrected chi connectivity index (χ0v) is 13.6. The first kappa shape index (κ1) is 16.3. The number of aliphatic hydroxyl groups is 1. The van der Waals surface area contributed by atoms with Crippen LogP contribution in [0, 0.1) is 5.41 Å². The Bertz CT molecular complexity index is 610. The summed E-state index contributed by atoms with van der Waals surface area (Å²) >= 11 is 0. The van der Waals surface area contributed by atoms with Crippen molar-refractivity contribution in [2.75, 3.05) is 19.7 Å². The normalized spacial score (nSPS) is 18.9. The lowest BCUT2D eigenvalue weighted by Gasteiger charge is -2.20. The molecule has 118 valence electrons. The number of hydrogen-bond acceptors (Lipinski definition) is 4. The van der Waals surface area contributed by atoms with Gasteiger partial charge >= 0.3 is 0 Å². The number of rotatable bonds is 5. The fourth-order valence-corrected chi connectivity index (χ4v) is 4.23. The summed E-state index contributed by atoms with van der Waals surface area (Å²) in [5.74, 6) is 0.528. The zero-order chi connectivity index (χ0) is 15.7. The van der Waals surface area contributed by atoms with E-state index in [0.717, 1.165) is 6.42 Å². The van der Waals surface area contributed by atoms with Gasteiger partial charge in [-0.3, -0.25) is 0 Å². The average molecular weight is 313 g/mol. The number of hydrogen-bond donors (Lipinski definition) is 1. The van der Waals surface area contributed by atoms with Crippen LogP contribution >= 0.6 is 0 Å². The first-order valence-corrected chi connectivity index (χ1v) is 8.61. The molecule has 2 rings (SSSR count). The summed E-state index contributed by atoms with van der Waals surface area (Å²) in [6.45, 7) is 7.27. The smallest absolute Gasteiger partial charge is 0.243 e. The molecular weight excluding hydrogens is 290 g/mol. The molecule has 1 N–H and O–H groups in total. The van der Waals surface area contributed by atoms with Gasteiger partial charge in [-0.05, 0) is 37.0 Å². The van der Waals surface area contributed by atoms with Crippen LogP contribution in [0.5, 0.6) is 5.75 Å². The van der Waals surface area contributed by atoms with Gasteiger partial charge in [0.15, 0.2) is 0 Å². The van der Waals surface area contributed by atoms with Crippen molar-refractivity contribution in [3.05, 3.63) is 23.8 Å². The van der Waals surface area contributed by atoms with Crippen molar-refractivity contribution in [1.82, 2.24) is 4.31 Å². The molecule has 1 heterocycles. The van der Waals surface area contributed by atoms with Crippen LogP contribution in [0.2, 0.25) is 0 Å². The van der Waals surface area contributed by atoms with Crippen LogP contribution in [0.15, 0.2) is 23.1 Å². The summed E-state index contributed by atoms with van der Waals surface area (Å²) in [5.41, 5.74) is 0.509. The summed E-state index contributed by atoms with van der Waals surface area (Å²) in [6.07, 6.45) is 0.857. The second-order valence-corrected chi connectivity index (χ2v) is 8.05. The Kier molecular flexibility index (Phi) is 4.60. The summed E-state index contributed by atoms with van der Waals surface area (Å²) < 4.78 is 32.2. The van der Waals surface area contributed by atoms with Crippen molar-refractivity contribution in [1.29, 1.82) is 0 Å². The highest BCUT2D eigenvalue weighted by atomic mass is 32.2. The summed E-state index contributed by atoms with van der Waals surface area (Å²) in [4.78, 5) is 0.215. The number of ether oxygens (including phenoxy) is 1. The fraction of sp³-hybridized carbons (Fsp3) is 0.600. The van der Waals surface area contributed by atoms with E-state index in [1.54, 1.807) is 12.1 Å². The molecule has 0 bridgehead atoms. The first-order valence-electron chi connectivity index (χ1n) is 7.17. The first-order chi connectivity index (χ1) is 9.80. The lowest BCUT2D eigenvalue weighted by atomic mass is 9.93. The Morgan fingerprint density at radius 1 is 1.38 bits per heavy atom. The molecule has 0 unspecified atom stereocenters. The number of nitrogens with zero attached hydrogens (tertiary/aromatic N) is 1. The molecule has 6 heteroatoms. The third kappa shape index (κ3) is 3.39. The molecule has 1 fully saturated rings. The van der Waals surface area contributed by atoms with Crippen LogP contribution in [0.25, 0.3) is 0 Å². The molecule has 0 atom stereocenters. The third-order valence-electron chi connectivity index (χ3n) is 3.78. The minimum atomic E-state index is -3.51. The van der Waals surface area contributed by atoms with Gasteiger partial charge in [0, 0.05) is 18.7 Å². The predicted octanol–water partition coefficient (Wildman–Crippen LogP) is 2.00. The van der Waals surface area contributed by atoms with Crippen LogP contribution in [-0.2, 0) is 16.6 Å². The Hall–Kier alpha value is -1.11. The summed E-state index contributed by atoms with van der Waals surface area (Å²) in [6, 6.07) is 4.67. The lowest BCUT2D eigenvalue weighted by Crippen LogP contribution is -2.30. The molecule has 1 aliphatic heterocycles. The van der Waals surface area contributed by atoms with Crippen molar-refractivity contribution < 1.29 is 18.3 Å². The van der Waals surface area contributed by atoms with E-state index >= 15 is 0 Å². The van der Waals surface area contributed by atoms with E-state index in [2.05, 4.69) is 13.8 Å². The van der Waals surface area contributed by atoms with Gasteiger partial charge in [0.2, 0.25) is 10.0 Å². The van der Waals surface area contributed by atoms with E-state index in [1.807, 2.05) is 6.92 Å². The topological polar surface area (TPSA) is 66.8 Å². The van der Waals surface area contributed by atoms with Gasteiger partial charge in [-0.25, -0.2) is 8.42 Å². The van der Waals surface area contributed by atoms with E-state index in [0.29, 0.717) is 31.0 Å². The highest BCUT2D eigenvalue weighted by Gasteiger charge is 2.37. The molecule has 0 amide bonds. The van der Waals surface area contributed by atoms with Crippen LogP contribution in [0.3, 0.4) is 0 Å². The van der Waals surface area contributed by atoms with Crippen LogP contribution in [-0.4, -0.2) is 37.5 Å². The van der Waals surface area contributed by atoms with Crippen LogP contribution < -0.4 is 4.74 Å².